The maximum atomic E-state index is 10.6. The summed E-state index contributed by atoms with van der Waals surface area (Å²) in [6, 6.07) is 4.50. The lowest BCUT2D eigenvalue weighted by atomic mass is 10.1. The van der Waals surface area contributed by atoms with Gasteiger partial charge in [-0.05, 0) is 12.5 Å². The second-order valence-corrected chi connectivity index (χ2v) is 4.33. The first kappa shape index (κ1) is 12.5. The van der Waals surface area contributed by atoms with Crippen LogP contribution >= 0.6 is 0 Å². The number of non-ortho nitro benzene ring substituents is 1. The van der Waals surface area contributed by atoms with Crippen molar-refractivity contribution in [1.82, 2.24) is 4.98 Å². The van der Waals surface area contributed by atoms with Crippen LogP contribution in [0.25, 0.3) is 11.1 Å². The molecule has 0 spiro atoms. The third kappa shape index (κ3) is 2.85. The molecule has 0 N–H and O–H groups in total. The molecule has 5 heteroatoms. The van der Waals surface area contributed by atoms with Gasteiger partial charge in [-0.25, -0.2) is 4.98 Å². The van der Waals surface area contributed by atoms with Crippen molar-refractivity contribution < 1.29 is 9.34 Å². The highest BCUT2D eigenvalue weighted by molar-refractivity contribution is 5.75. The molecule has 1 heterocycles. The van der Waals surface area contributed by atoms with Gasteiger partial charge < -0.3 is 4.42 Å². The molecule has 2 aromatic rings. The first-order valence-electron chi connectivity index (χ1n) is 6.24. The molecule has 0 atom stereocenters. The molecular formula is C13H16N2O3. The predicted molar refractivity (Wildman–Crippen MR) is 68.5 cm³/mol. The Bertz CT molecular complexity index is 548. The summed E-state index contributed by atoms with van der Waals surface area (Å²) in [7, 11) is 0. The van der Waals surface area contributed by atoms with Crippen LogP contribution in [0.1, 0.15) is 38.5 Å². The normalized spacial score (nSPS) is 10.9. The number of hydrogen-bond donors (Lipinski definition) is 0. The summed E-state index contributed by atoms with van der Waals surface area (Å²) in [5, 5.41) is 10.6. The van der Waals surface area contributed by atoms with Gasteiger partial charge >= 0.3 is 0 Å². The van der Waals surface area contributed by atoms with Gasteiger partial charge in [-0.3, -0.25) is 10.1 Å². The van der Waals surface area contributed by atoms with Crippen LogP contribution in [0.15, 0.2) is 22.6 Å². The van der Waals surface area contributed by atoms with E-state index in [1.165, 1.54) is 25.0 Å². The molecular weight excluding hydrogens is 232 g/mol. The summed E-state index contributed by atoms with van der Waals surface area (Å²) in [5.74, 6) is 0.668. The van der Waals surface area contributed by atoms with E-state index in [2.05, 4.69) is 11.9 Å². The highest BCUT2D eigenvalue weighted by atomic mass is 16.6. The van der Waals surface area contributed by atoms with Crippen LogP contribution in [-0.2, 0) is 6.42 Å². The van der Waals surface area contributed by atoms with Crippen molar-refractivity contribution in [2.24, 2.45) is 0 Å². The summed E-state index contributed by atoms with van der Waals surface area (Å²) >= 11 is 0. The molecule has 0 fully saturated rings. The first-order valence-corrected chi connectivity index (χ1v) is 6.24. The van der Waals surface area contributed by atoms with Crippen LogP contribution in [0.5, 0.6) is 0 Å². The Hall–Kier alpha value is -1.91. The van der Waals surface area contributed by atoms with Gasteiger partial charge in [-0.1, -0.05) is 26.2 Å². The Labute approximate surface area is 105 Å². The van der Waals surface area contributed by atoms with Gasteiger partial charge in [0.15, 0.2) is 11.5 Å². The second-order valence-electron chi connectivity index (χ2n) is 4.33. The SMILES string of the molecule is CCCCCCc1nc2cc([N+](=O)[O-])ccc2o1. The number of benzene rings is 1. The molecule has 96 valence electrons. The van der Waals surface area contributed by atoms with E-state index in [-0.39, 0.29) is 5.69 Å². The topological polar surface area (TPSA) is 69.2 Å². The summed E-state index contributed by atoms with van der Waals surface area (Å²) in [4.78, 5) is 14.5. The molecule has 0 radical (unpaired) electrons. The molecule has 0 aliphatic heterocycles. The molecule has 0 saturated carbocycles. The summed E-state index contributed by atoms with van der Waals surface area (Å²) in [6.07, 6.45) is 5.41. The Morgan fingerprint density at radius 2 is 2.17 bits per heavy atom. The second kappa shape index (κ2) is 5.62. The number of oxazole rings is 1. The van der Waals surface area contributed by atoms with Crippen LogP contribution in [0, 0.1) is 10.1 Å². The quantitative estimate of drug-likeness (QED) is 0.442. The largest absolute Gasteiger partial charge is 0.441 e. The van der Waals surface area contributed by atoms with Gasteiger partial charge in [-0.2, -0.15) is 0 Å². The van der Waals surface area contributed by atoms with Crippen molar-refractivity contribution in [2.75, 3.05) is 0 Å². The molecule has 0 aliphatic rings. The van der Waals surface area contributed by atoms with E-state index in [9.17, 15) is 10.1 Å². The Balaban J connectivity index is 2.09. The number of nitro groups is 1. The monoisotopic (exact) mass is 248 g/mol. The molecule has 1 aromatic heterocycles. The minimum Gasteiger partial charge on any atom is -0.441 e. The van der Waals surface area contributed by atoms with E-state index < -0.39 is 4.92 Å². The minimum absolute atomic E-state index is 0.0494. The van der Waals surface area contributed by atoms with Gasteiger partial charge in [0.05, 0.1) is 4.92 Å². The van der Waals surface area contributed by atoms with E-state index in [0.717, 1.165) is 19.3 Å². The molecule has 0 aliphatic carbocycles. The molecule has 5 nitrogen and oxygen atoms in total. The summed E-state index contributed by atoms with van der Waals surface area (Å²) in [6.45, 7) is 2.17. The van der Waals surface area contributed by atoms with E-state index in [1.807, 2.05) is 0 Å². The van der Waals surface area contributed by atoms with Gasteiger partial charge in [0, 0.05) is 18.6 Å². The summed E-state index contributed by atoms with van der Waals surface area (Å²) in [5.41, 5.74) is 1.23. The molecule has 18 heavy (non-hydrogen) atoms. The summed E-state index contributed by atoms with van der Waals surface area (Å²) < 4.78 is 5.55. The average Bonchev–Trinajstić information content (AvgIpc) is 2.76. The molecule has 0 amide bonds. The van der Waals surface area contributed by atoms with Crippen LogP contribution in [0.3, 0.4) is 0 Å². The zero-order chi connectivity index (χ0) is 13.0. The third-order valence-electron chi connectivity index (χ3n) is 2.87. The number of nitrogens with zero attached hydrogens (tertiary/aromatic N) is 2. The number of rotatable bonds is 6. The molecule has 1 aromatic carbocycles. The van der Waals surface area contributed by atoms with Crippen LogP contribution in [-0.4, -0.2) is 9.91 Å². The maximum Gasteiger partial charge on any atom is 0.271 e. The number of fused-ring (bicyclic) bond motifs is 1. The zero-order valence-electron chi connectivity index (χ0n) is 10.4. The van der Waals surface area contributed by atoms with Crippen molar-refractivity contribution in [3.8, 4) is 0 Å². The first-order chi connectivity index (χ1) is 8.70. The number of aryl methyl sites for hydroxylation is 1. The molecule has 0 bridgehead atoms. The fraction of sp³-hybridized carbons (Fsp3) is 0.462. The van der Waals surface area contributed by atoms with E-state index in [1.54, 1.807) is 6.07 Å². The lowest BCUT2D eigenvalue weighted by Crippen LogP contribution is -1.87. The van der Waals surface area contributed by atoms with E-state index >= 15 is 0 Å². The standard InChI is InChI=1S/C13H16N2O3/c1-2-3-4-5-6-13-14-11-9-10(15(16)17)7-8-12(11)18-13/h7-9H,2-6H2,1H3. The van der Waals surface area contributed by atoms with Gasteiger partial charge in [0.1, 0.15) is 5.52 Å². The Morgan fingerprint density at radius 3 is 2.89 bits per heavy atom. The Kier molecular flexibility index (Phi) is 3.92. The van der Waals surface area contributed by atoms with Crippen molar-refractivity contribution in [1.29, 1.82) is 0 Å². The molecule has 0 unspecified atom stereocenters. The van der Waals surface area contributed by atoms with Gasteiger partial charge in [0.25, 0.3) is 5.69 Å². The van der Waals surface area contributed by atoms with Crippen molar-refractivity contribution in [2.45, 2.75) is 39.0 Å². The number of nitro benzene ring substituents is 1. The molecule has 2 rings (SSSR count). The van der Waals surface area contributed by atoms with Crippen molar-refractivity contribution >= 4 is 16.8 Å². The van der Waals surface area contributed by atoms with Gasteiger partial charge in [-0.15, -0.1) is 0 Å². The van der Waals surface area contributed by atoms with E-state index in [0.29, 0.717) is 17.0 Å². The van der Waals surface area contributed by atoms with E-state index in [4.69, 9.17) is 4.42 Å². The van der Waals surface area contributed by atoms with Crippen molar-refractivity contribution in [3.63, 3.8) is 0 Å². The van der Waals surface area contributed by atoms with Crippen LogP contribution < -0.4 is 0 Å². The zero-order valence-corrected chi connectivity index (χ0v) is 10.4. The van der Waals surface area contributed by atoms with Crippen LogP contribution in [0.2, 0.25) is 0 Å². The third-order valence-corrected chi connectivity index (χ3v) is 2.87. The highest BCUT2D eigenvalue weighted by Gasteiger charge is 2.11. The lowest BCUT2D eigenvalue weighted by molar-refractivity contribution is -0.384. The number of hydrogen-bond acceptors (Lipinski definition) is 4. The molecule has 0 saturated heterocycles. The number of unbranched alkanes of at least 4 members (excludes halogenated alkanes) is 3. The van der Waals surface area contributed by atoms with Crippen LogP contribution in [0.4, 0.5) is 5.69 Å². The fourth-order valence-corrected chi connectivity index (χ4v) is 1.89. The predicted octanol–water partition coefficient (Wildman–Crippen LogP) is 3.86. The van der Waals surface area contributed by atoms with Crippen molar-refractivity contribution in [3.05, 3.63) is 34.2 Å². The minimum atomic E-state index is -0.422. The van der Waals surface area contributed by atoms with Gasteiger partial charge in [0.2, 0.25) is 0 Å². The number of aromatic nitrogens is 1. The smallest absolute Gasteiger partial charge is 0.271 e. The average molecular weight is 248 g/mol. The fourth-order valence-electron chi connectivity index (χ4n) is 1.89. The Morgan fingerprint density at radius 1 is 1.33 bits per heavy atom. The highest BCUT2D eigenvalue weighted by Crippen LogP contribution is 2.22. The maximum absolute atomic E-state index is 10.6. The lowest BCUT2D eigenvalue weighted by Gasteiger charge is -1.94.